The SMILES string of the molecule is CCOC(=O)c1c(C)[nH]c(C)c1S(=O)(=O)Nc1ccc(C)cn1. The molecule has 2 aromatic rings. The fourth-order valence-corrected chi connectivity index (χ4v) is 3.72. The lowest BCUT2D eigenvalue weighted by molar-refractivity contribution is 0.0521. The summed E-state index contributed by atoms with van der Waals surface area (Å²) in [6, 6.07) is 3.30. The summed E-state index contributed by atoms with van der Waals surface area (Å²) in [6.45, 7) is 6.89. The zero-order chi connectivity index (χ0) is 17.2. The van der Waals surface area contributed by atoms with Gasteiger partial charge in [0, 0.05) is 17.6 Å². The number of nitrogens with one attached hydrogen (secondary N) is 2. The fraction of sp³-hybridized carbons (Fsp3) is 0.333. The predicted molar refractivity (Wildman–Crippen MR) is 86.0 cm³/mol. The number of ether oxygens (including phenoxy) is 1. The van der Waals surface area contributed by atoms with E-state index in [9.17, 15) is 13.2 Å². The number of aryl methyl sites for hydroxylation is 3. The van der Waals surface area contributed by atoms with E-state index in [-0.39, 0.29) is 22.9 Å². The van der Waals surface area contributed by atoms with E-state index in [4.69, 9.17) is 4.74 Å². The van der Waals surface area contributed by atoms with Gasteiger partial charge in [-0.2, -0.15) is 0 Å². The number of carbonyl (C=O) groups is 1. The van der Waals surface area contributed by atoms with Crippen LogP contribution in [0.3, 0.4) is 0 Å². The molecule has 0 amide bonds. The van der Waals surface area contributed by atoms with Crippen molar-refractivity contribution >= 4 is 21.8 Å². The van der Waals surface area contributed by atoms with Crippen LogP contribution < -0.4 is 4.72 Å². The minimum atomic E-state index is -3.97. The molecule has 0 unspecified atom stereocenters. The second-order valence-electron chi connectivity index (χ2n) is 5.13. The van der Waals surface area contributed by atoms with Crippen molar-refractivity contribution in [2.75, 3.05) is 11.3 Å². The van der Waals surface area contributed by atoms with Gasteiger partial charge in [0.2, 0.25) is 0 Å². The lowest BCUT2D eigenvalue weighted by Gasteiger charge is -2.10. The lowest BCUT2D eigenvalue weighted by atomic mass is 10.2. The topological polar surface area (TPSA) is 101 Å². The van der Waals surface area contributed by atoms with E-state index < -0.39 is 16.0 Å². The van der Waals surface area contributed by atoms with E-state index in [0.717, 1.165) is 5.56 Å². The summed E-state index contributed by atoms with van der Waals surface area (Å²) < 4.78 is 32.7. The van der Waals surface area contributed by atoms with Crippen LogP contribution in [0.15, 0.2) is 23.2 Å². The Balaban J connectivity index is 2.47. The maximum Gasteiger partial charge on any atom is 0.341 e. The number of sulfonamides is 1. The van der Waals surface area contributed by atoms with Crippen molar-refractivity contribution in [1.29, 1.82) is 0 Å². The molecule has 0 saturated heterocycles. The summed E-state index contributed by atoms with van der Waals surface area (Å²) in [7, 11) is -3.97. The zero-order valence-corrected chi connectivity index (χ0v) is 14.2. The standard InChI is InChI=1S/C15H19N3O4S/c1-5-22-15(19)13-10(3)17-11(4)14(13)23(20,21)18-12-7-6-9(2)8-16-12/h6-8,17H,5H2,1-4H3,(H,16,18). The minimum absolute atomic E-state index is 0.0176. The van der Waals surface area contributed by atoms with Crippen LogP contribution >= 0.6 is 0 Å². The molecule has 0 spiro atoms. The fourth-order valence-electron chi connectivity index (χ4n) is 2.26. The molecule has 2 aromatic heterocycles. The number of hydrogen-bond donors (Lipinski definition) is 2. The van der Waals surface area contributed by atoms with Gasteiger partial charge in [-0.25, -0.2) is 18.2 Å². The van der Waals surface area contributed by atoms with Crippen LogP contribution in [0, 0.1) is 20.8 Å². The second kappa shape index (κ2) is 6.41. The Labute approximate surface area is 135 Å². The van der Waals surface area contributed by atoms with Gasteiger partial charge < -0.3 is 9.72 Å². The van der Waals surface area contributed by atoms with Crippen LogP contribution in [0.1, 0.15) is 34.2 Å². The van der Waals surface area contributed by atoms with Crippen molar-refractivity contribution < 1.29 is 17.9 Å². The van der Waals surface area contributed by atoms with E-state index in [1.807, 2.05) is 6.92 Å². The maximum atomic E-state index is 12.7. The first kappa shape index (κ1) is 17.0. The van der Waals surface area contributed by atoms with Crippen LogP contribution in [-0.2, 0) is 14.8 Å². The Morgan fingerprint density at radius 2 is 1.96 bits per heavy atom. The Hall–Kier alpha value is -2.35. The zero-order valence-electron chi connectivity index (χ0n) is 13.4. The normalized spacial score (nSPS) is 11.3. The molecule has 23 heavy (non-hydrogen) atoms. The molecule has 0 aliphatic heterocycles. The third kappa shape index (κ3) is 3.53. The van der Waals surface area contributed by atoms with Crippen molar-refractivity contribution in [3.8, 4) is 0 Å². The summed E-state index contributed by atoms with van der Waals surface area (Å²) in [5.74, 6) is -0.491. The molecule has 0 saturated carbocycles. The highest BCUT2D eigenvalue weighted by Gasteiger charge is 2.30. The van der Waals surface area contributed by atoms with E-state index in [2.05, 4.69) is 14.7 Å². The van der Waals surface area contributed by atoms with Crippen molar-refractivity contribution in [3.05, 3.63) is 40.8 Å². The molecule has 0 bridgehead atoms. The molecule has 124 valence electrons. The minimum Gasteiger partial charge on any atom is -0.462 e. The number of carbonyl (C=O) groups excluding carboxylic acids is 1. The third-order valence-corrected chi connectivity index (χ3v) is 4.74. The van der Waals surface area contributed by atoms with Crippen molar-refractivity contribution in [2.24, 2.45) is 0 Å². The van der Waals surface area contributed by atoms with Gasteiger partial charge in [-0.05, 0) is 39.3 Å². The van der Waals surface area contributed by atoms with Crippen molar-refractivity contribution in [2.45, 2.75) is 32.6 Å². The molecule has 0 atom stereocenters. The van der Waals surface area contributed by atoms with Gasteiger partial charge in [-0.3, -0.25) is 4.72 Å². The Morgan fingerprint density at radius 3 is 2.52 bits per heavy atom. The number of H-pyrrole nitrogens is 1. The third-order valence-electron chi connectivity index (χ3n) is 3.22. The smallest absolute Gasteiger partial charge is 0.341 e. The summed E-state index contributed by atoms with van der Waals surface area (Å²) in [5.41, 5.74) is 1.74. The molecule has 2 rings (SSSR count). The largest absolute Gasteiger partial charge is 0.462 e. The number of aromatic amines is 1. The lowest BCUT2D eigenvalue weighted by Crippen LogP contribution is -2.18. The van der Waals surface area contributed by atoms with E-state index in [1.165, 1.54) is 0 Å². The number of anilines is 1. The quantitative estimate of drug-likeness (QED) is 0.815. The Bertz CT molecular complexity index is 823. The summed E-state index contributed by atoms with van der Waals surface area (Å²) in [6.07, 6.45) is 1.55. The first-order chi connectivity index (χ1) is 10.8. The monoisotopic (exact) mass is 337 g/mol. The van der Waals surface area contributed by atoms with Gasteiger partial charge in [0.15, 0.2) is 0 Å². The van der Waals surface area contributed by atoms with Crippen LogP contribution in [0.2, 0.25) is 0 Å². The van der Waals surface area contributed by atoms with Crippen LogP contribution in [-0.4, -0.2) is 31.0 Å². The van der Waals surface area contributed by atoms with Gasteiger partial charge >= 0.3 is 5.97 Å². The van der Waals surface area contributed by atoms with Gasteiger partial charge in [-0.15, -0.1) is 0 Å². The van der Waals surface area contributed by atoms with E-state index in [1.54, 1.807) is 39.1 Å². The number of esters is 1. The molecule has 0 radical (unpaired) electrons. The van der Waals surface area contributed by atoms with Gasteiger partial charge in [-0.1, -0.05) is 6.07 Å². The van der Waals surface area contributed by atoms with Crippen molar-refractivity contribution in [1.82, 2.24) is 9.97 Å². The Morgan fingerprint density at radius 1 is 1.26 bits per heavy atom. The molecular weight excluding hydrogens is 318 g/mol. The van der Waals surface area contributed by atoms with Gasteiger partial charge in [0.1, 0.15) is 16.3 Å². The summed E-state index contributed by atoms with van der Waals surface area (Å²) in [5, 5.41) is 0. The molecule has 7 nitrogen and oxygen atoms in total. The second-order valence-corrected chi connectivity index (χ2v) is 6.75. The number of aromatic nitrogens is 2. The highest BCUT2D eigenvalue weighted by atomic mass is 32.2. The van der Waals surface area contributed by atoms with Crippen molar-refractivity contribution in [3.63, 3.8) is 0 Å². The number of pyridine rings is 1. The number of nitrogens with zero attached hydrogens (tertiary/aromatic N) is 1. The molecule has 0 aromatic carbocycles. The summed E-state index contributed by atoms with van der Waals surface area (Å²) in [4.78, 5) is 18.9. The van der Waals surface area contributed by atoms with Gasteiger partial charge in [0.25, 0.3) is 10.0 Å². The molecule has 0 fully saturated rings. The van der Waals surface area contributed by atoms with Crippen LogP contribution in [0.25, 0.3) is 0 Å². The highest BCUT2D eigenvalue weighted by Crippen LogP contribution is 2.26. The van der Waals surface area contributed by atoms with E-state index >= 15 is 0 Å². The molecule has 2 heterocycles. The van der Waals surface area contributed by atoms with Crippen LogP contribution in [0.5, 0.6) is 0 Å². The number of rotatable bonds is 5. The average Bonchev–Trinajstić information content (AvgIpc) is 2.77. The maximum absolute atomic E-state index is 12.7. The first-order valence-corrected chi connectivity index (χ1v) is 8.56. The number of hydrogen-bond acceptors (Lipinski definition) is 5. The molecule has 8 heteroatoms. The summed E-state index contributed by atoms with van der Waals surface area (Å²) >= 11 is 0. The Kier molecular flexibility index (Phi) is 4.74. The highest BCUT2D eigenvalue weighted by molar-refractivity contribution is 7.92. The molecule has 0 aliphatic rings. The first-order valence-electron chi connectivity index (χ1n) is 7.08. The molecular formula is C15H19N3O4S. The average molecular weight is 337 g/mol. The molecule has 2 N–H and O–H groups in total. The predicted octanol–water partition coefficient (Wildman–Crippen LogP) is 2.31. The van der Waals surface area contributed by atoms with Gasteiger partial charge in [0.05, 0.1) is 6.61 Å². The van der Waals surface area contributed by atoms with Crippen LogP contribution in [0.4, 0.5) is 5.82 Å². The molecule has 0 aliphatic carbocycles. The van der Waals surface area contributed by atoms with E-state index in [0.29, 0.717) is 11.4 Å².